The largest absolute Gasteiger partial charge is 0.477 e. The average molecular weight is 496 g/mol. The van der Waals surface area contributed by atoms with Gasteiger partial charge in [-0.25, -0.2) is 23.4 Å². The number of rotatable bonds is 11. The Labute approximate surface area is 205 Å². The van der Waals surface area contributed by atoms with Crippen molar-refractivity contribution in [2.45, 2.75) is 63.4 Å². The van der Waals surface area contributed by atoms with Crippen LogP contribution in [0.2, 0.25) is 0 Å². The van der Waals surface area contributed by atoms with Crippen molar-refractivity contribution < 1.29 is 17.9 Å². The van der Waals surface area contributed by atoms with Gasteiger partial charge in [0.2, 0.25) is 5.88 Å². The second-order valence-corrected chi connectivity index (χ2v) is 11.0. The van der Waals surface area contributed by atoms with E-state index in [1.165, 1.54) is 6.20 Å². The van der Waals surface area contributed by atoms with Gasteiger partial charge in [0.1, 0.15) is 17.4 Å². The predicted octanol–water partition coefficient (Wildman–Crippen LogP) is 3.42. The maximum atomic E-state index is 13.2. The molecule has 0 bridgehead atoms. The summed E-state index contributed by atoms with van der Waals surface area (Å²) in [7, 11) is -3.23. The minimum atomic E-state index is -3.23. The minimum absolute atomic E-state index is 0.0244. The summed E-state index contributed by atoms with van der Waals surface area (Å²) in [4.78, 5) is 34.9. The molecule has 0 aromatic carbocycles. The number of carbonyl (C=O) groups excluding carboxylic acids is 1. The second-order valence-electron chi connectivity index (χ2n) is 8.67. The zero-order chi connectivity index (χ0) is 25.0. The van der Waals surface area contributed by atoms with Crippen LogP contribution < -0.4 is 4.74 Å². The summed E-state index contributed by atoms with van der Waals surface area (Å²) in [6, 6.07) is 3.62. The van der Waals surface area contributed by atoms with Crippen molar-refractivity contribution in [1.82, 2.24) is 24.9 Å². The van der Waals surface area contributed by atoms with Gasteiger partial charge in [-0.15, -0.1) is 0 Å². The second kappa shape index (κ2) is 10.6. The van der Waals surface area contributed by atoms with Gasteiger partial charge in [0, 0.05) is 24.4 Å². The number of pyridine rings is 1. The zero-order valence-electron chi connectivity index (χ0n) is 20.1. The van der Waals surface area contributed by atoms with Gasteiger partial charge in [-0.3, -0.25) is 14.8 Å². The highest BCUT2D eigenvalue weighted by molar-refractivity contribution is 7.91. The first kappa shape index (κ1) is 24.8. The third-order valence-electron chi connectivity index (χ3n) is 5.97. The number of sulfone groups is 1. The van der Waals surface area contributed by atoms with Crippen LogP contribution in [0.15, 0.2) is 36.9 Å². The van der Waals surface area contributed by atoms with Gasteiger partial charge in [0.25, 0.3) is 0 Å². The highest BCUT2D eigenvalue weighted by Crippen LogP contribution is 2.30. The van der Waals surface area contributed by atoms with Crippen LogP contribution in [0.3, 0.4) is 0 Å². The number of carbonyl (C=O) groups is 1. The van der Waals surface area contributed by atoms with Gasteiger partial charge < -0.3 is 4.74 Å². The molecule has 0 spiro atoms. The van der Waals surface area contributed by atoms with Gasteiger partial charge in [-0.2, -0.15) is 0 Å². The van der Waals surface area contributed by atoms with Crippen molar-refractivity contribution in [3.63, 3.8) is 0 Å². The molecule has 3 aromatic rings. The number of Topliss-reactive ketones (excluding diaryl/α,β-unsaturated/α-hetero) is 1. The first-order valence-corrected chi connectivity index (χ1v) is 13.5. The Balaban J connectivity index is 1.49. The van der Waals surface area contributed by atoms with Crippen LogP contribution in [0.25, 0.3) is 11.3 Å². The summed E-state index contributed by atoms with van der Waals surface area (Å²) in [5.41, 5.74) is 3.53. The van der Waals surface area contributed by atoms with Gasteiger partial charge in [0.05, 0.1) is 47.3 Å². The van der Waals surface area contributed by atoms with E-state index in [1.807, 2.05) is 26.8 Å². The van der Waals surface area contributed by atoms with E-state index in [0.717, 1.165) is 11.1 Å². The van der Waals surface area contributed by atoms with E-state index in [9.17, 15) is 13.2 Å². The Morgan fingerprint density at radius 1 is 1.14 bits per heavy atom. The number of hydrogen-bond donors (Lipinski definition) is 0. The smallest absolute Gasteiger partial charge is 0.232 e. The molecule has 1 aliphatic carbocycles. The first-order chi connectivity index (χ1) is 16.8. The van der Waals surface area contributed by atoms with E-state index in [-0.39, 0.29) is 29.0 Å². The lowest BCUT2D eigenvalue weighted by molar-refractivity contribution is -0.120. The summed E-state index contributed by atoms with van der Waals surface area (Å²) in [6.45, 7) is 6.21. The van der Waals surface area contributed by atoms with Crippen LogP contribution in [0, 0.1) is 6.92 Å². The number of aromatic nitrogens is 5. The van der Waals surface area contributed by atoms with Gasteiger partial charge >= 0.3 is 0 Å². The third-order valence-corrected chi connectivity index (χ3v) is 8.12. The third kappa shape index (κ3) is 6.05. The monoisotopic (exact) mass is 495 g/mol. The van der Waals surface area contributed by atoms with Crippen molar-refractivity contribution in [2.24, 2.45) is 0 Å². The maximum absolute atomic E-state index is 13.2. The van der Waals surface area contributed by atoms with Crippen molar-refractivity contribution in [3.05, 3.63) is 59.7 Å². The fourth-order valence-electron chi connectivity index (χ4n) is 3.93. The van der Waals surface area contributed by atoms with E-state index in [4.69, 9.17) is 4.74 Å². The molecule has 0 saturated heterocycles. The van der Waals surface area contributed by atoms with E-state index in [1.54, 1.807) is 24.7 Å². The highest BCUT2D eigenvalue weighted by Gasteiger charge is 2.36. The maximum Gasteiger partial charge on any atom is 0.232 e. The Morgan fingerprint density at radius 2 is 1.94 bits per heavy atom. The number of aryl methyl sites for hydroxylation is 1. The molecule has 3 aromatic heterocycles. The molecule has 9 nitrogen and oxygen atoms in total. The molecule has 1 unspecified atom stereocenters. The molecule has 4 rings (SSSR count). The van der Waals surface area contributed by atoms with E-state index in [0.29, 0.717) is 48.8 Å². The standard InChI is InChI=1S/C25H29N5O4S/c1-4-19(20-8-9-27-24(29-20)15-35(32,33)18-6-7-18)23(31)11-21-16(3)10-17(12-28-21)22-13-26-14-25(30-22)34-5-2/h8-10,12-14,18-19H,4-7,11,15H2,1-3H3. The molecular weight excluding hydrogens is 466 g/mol. The minimum Gasteiger partial charge on any atom is -0.477 e. The summed E-state index contributed by atoms with van der Waals surface area (Å²) in [6.07, 6.45) is 8.52. The molecule has 3 heterocycles. The van der Waals surface area contributed by atoms with Crippen LogP contribution in [0.5, 0.6) is 5.88 Å². The molecule has 10 heteroatoms. The van der Waals surface area contributed by atoms with Crippen molar-refractivity contribution >= 4 is 15.6 Å². The van der Waals surface area contributed by atoms with Crippen molar-refractivity contribution in [1.29, 1.82) is 0 Å². The molecule has 184 valence electrons. The molecular formula is C25H29N5O4S. The normalized spacial score (nSPS) is 14.5. The average Bonchev–Trinajstić information content (AvgIpc) is 3.68. The summed E-state index contributed by atoms with van der Waals surface area (Å²) in [5, 5.41) is -0.275. The van der Waals surface area contributed by atoms with Crippen LogP contribution in [-0.4, -0.2) is 51.0 Å². The van der Waals surface area contributed by atoms with Crippen LogP contribution >= 0.6 is 0 Å². The first-order valence-electron chi connectivity index (χ1n) is 11.8. The number of ketones is 1. The predicted molar refractivity (Wildman–Crippen MR) is 131 cm³/mol. The Morgan fingerprint density at radius 3 is 2.63 bits per heavy atom. The molecule has 0 amide bonds. The van der Waals surface area contributed by atoms with Crippen molar-refractivity contribution in [3.8, 4) is 17.1 Å². The Bertz CT molecular complexity index is 1320. The molecule has 1 fully saturated rings. The van der Waals surface area contributed by atoms with Crippen LogP contribution in [0.1, 0.15) is 61.8 Å². The number of hydrogen-bond acceptors (Lipinski definition) is 9. The van der Waals surface area contributed by atoms with Gasteiger partial charge in [-0.1, -0.05) is 6.92 Å². The van der Waals surface area contributed by atoms with Crippen molar-refractivity contribution in [2.75, 3.05) is 6.61 Å². The summed E-state index contributed by atoms with van der Waals surface area (Å²) < 4.78 is 30.1. The summed E-state index contributed by atoms with van der Waals surface area (Å²) in [5.74, 6) is 0.0151. The van der Waals surface area contributed by atoms with Crippen LogP contribution in [-0.2, 0) is 26.8 Å². The van der Waals surface area contributed by atoms with E-state index in [2.05, 4.69) is 24.9 Å². The lowest BCUT2D eigenvalue weighted by Gasteiger charge is -2.15. The van der Waals surface area contributed by atoms with Gasteiger partial charge in [-0.05, 0) is 50.8 Å². The number of ether oxygens (including phenoxy) is 1. The molecule has 0 radical (unpaired) electrons. The Kier molecular flexibility index (Phi) is 7.49. The molecule has 35 heavy (non-hydrogen) atoms. The number of nitrogens with zero attached hydrogens (tertiary/aromatic N) is 5. The lowest BCUT2D eigenvalue weighted by atomic mass is 9.92. The van der Waals surface area contributed by atoms with Gasteiger partial charge in [0.15, 0.2) is 9.84 Å². The fraction of sp³-hybridized carbons (Fsp3) is 0.440. The lowest BCUT2D eigenvalue weighted by Crippen LogP contribution is -2.19. The molecule has 1 atom stereocenters. The SMILES string of the molecule is CCOc1cncc(-c2cnc(CC(=O)C(CC)c3ccnc(CS(=O)(=O)C4CC4)n3)c(C)c2)n1. The summed E-state index contributed by atoms with van der Waals surface area (Å²) >= 11 is 0. The van der Waals surface area contributed by atoms with E-state index >= 15 is 0 Å². The quantitative estimate of drug-likeness (QED) is 0.393. The van der Waals surface area contributed by atoms with Crippen LogP contribution in [0.4, 0.5) is 0 Å². The zero-order valence-corrected chi connectivity index (χ0v) is 21.0. The fourth-order valence-corrected chi connectivity index (χ4v) is 5.52. The molecule has 1 aliphatic rings. The molecule has 0 aliphatic heterocycles. The topological polar surface area (TPSA) is 125 Å². The molecule has 0 N–H and O–H groups in total. The molecule has 1 saturated carbocycles. The highest BCUT2D eigenvalue weighted by atomic mass is 32.2. The van der Waals surface area contributed by atoms with E-state index < -0.39 is 15.8 Å². The Hall–Kier alpha value is -3.27.